The molecule has 0 bridgehead atoms. The van der Waals surface area contributed by atoms with E-state index in [4.69, 9.17) is 0 Å². The molecule has 20 heavy (non-hydrogen) atoms. The van der Waals surface area contributed by atoms with E-state index in [0.717, 1.165) is 12.3 Å². The van der Waals surface area contributed by atoms with Gasteiger partial charge >= 0.3 is 0 Å². The molecule has 0 amide bonds. The number of nitrogens with zero attached hydrogens (tertiary/aromatic N) is 1. The van der Waals surface area contributed by atoms with Gasteiger partial charge in [0, 0.05) is 11.6 Å². The van der Waals surface area contributed by atoms with Crippen molar-refractivity contribution in [2.75, 3.05) is 7.05 Å². The van der Waals surface area contributed by atoms with E-state index < -0.39 is 0 Å². The Morgan fingerprint density at radius 2 is 1.95 bits per heavy atom. The smallest absolute Gasteiger partial charge is 0.179 e. The van der Waals surface area contributed by atoms with Crippen LogP contribution in [0.25, 0.3) is 0 Å². The largest absolute Gasteiger partial charge is 0.294 e. The van der Waals surface area contributed by atoms with Gasteiger partial charge in [0.05, 0.1) is 6.04 Å². The van der Waals surface area contributed by atoms with Gasteiger partial charge in [-0.05, 0) is 57.0 Å². The molecule has 0 N–H and O–H groups in total. The average Bonchev–Trinajstić information content (AvgIpc) is 2.46. The molecule has 0 radical (unpaired) electrons. The molecule has 0 aliphatic heterocycles. The summed E-state index contributed by atoms with van der Waals surface area (Å²) in [5.41, 5.74) is 0.592. The van der Waals surface area contributed by atoms with Crippen LogP contribution in [-0.2, 0) is 0 Å². The van der Waals surface area contributed by atoms with Crippen molar-refractivity contribution in [3.05, 3.63) is 35.6 Å². The number of halogens is 1. The van der Waals surface area contributed by atoms with Gasteiger partial charge in [0.1, 0.15) is 5.82 Å². The highest BCUT2D eigenvalue weighted by Crippen LogP contribution is 2.28. The van der Waals surface area contributed by atoms with Crippen LogP contribution in [0.5, 0.6) is 0 Å². The van der Waals surface area contributed by atoms with Gasteiger partial charge in [-0.2, -0.15) is 0 Å². The van der Waals surface area contributed by atoms with Crippen LogP contribution in [0.3, 0.4) is 0 Å². The molecule has 2 nitrogen and oxygen atoms in total. The fourth-order valence-corrected chi connectivity index (χ4v) is 3.13. The number of carbonyl (C=O) groups excluding carboxylic acids is 1. The van der Waals surface area contributed by atoms with Crippen LogP contribution in [0.15, 0.2) is 24.3 Å². The van der Waals surface area contributed by atoms with Crippen molar-refractivity contribution < 1.29 is 9.18 Å². The van der Waals surface area contributed by atoms with Gasteiger partial charge in [0.2, 0.25) is 0 Å². The van der Waals surface area contributed by atoms with E-state index in [1.807, 2.05) is 14.0 Å². The van der Waals surface area contributed by atoms with Crippen molar-refractivity contribution in [2.45, 2.75) is 51.6 Å². The Hall–Kier alpha value is -1.22. The molecule has 1 aliphatic carbocycles. The highest BCUT2D eigenvalue weighted by Gasteiger charge is 2.28. The lowest BCUT2D eigenvalue weighted by atomic mass is 9.85. The third-order valence-electron chi connectivity index (χ3n) is 4.60. The number of likely N-dealkylation sites (N-methyl/N-ethyl adjacent to an activating group) is 1. The van der Waals surface area contributed by atoms with E-state index >= 15 is 0 Å². The first-order chi connectivity index (χ1) is 9.49. The molecule has 1 aliphatic rings. The molecule has 1 fully saturated rings. The third-order valence-corrected chi connectivity index (χ3v) is 4.60. The molecule has 3 heteroatoms. The number of hydrogen-bond acceptors (Lipinski definition) is 2. The van der Waals surface area contributed by atoms with Gasteiger partial charge < -0.3 is 0 Å². The van der Waals surface area contributed by atoms with E-state index in [2.05, 4.69) is 11.8 Å². The second-order valence-corrected chi connectivity index (χ2v) is 6.14. The standard InChI is InChI=1S/C17H24FNO/c1-12-5-4-6-16(11-12)19(3)13(2)17(20)14-7-9-15(18)10-8-14/h7-10,12-13,16H,4-6,11H2,1-3H3. The maximum absolute atomic E-state index is 12.9. The Morgan fingerprint density at radius 3 is 2.55 bits per heavy atom. The molecule has 0 spiro atoms. The van der Waals surface area contributed by atoms with Crippen molar-refractivity contribution in [1.82, 2.24) is 4.90 Å². The van der Waals surface area contributed by atoms with E-state index in [0.29, 0.717) is 11.6 Å². The zero-order valence-corrected chi connectivity index (χ0v) is 12.6. The topological polar surface area (TPSA) is 20.3 Å². The maximum atomic E-state index is 12.9. The first kappa shape index (κ1) is 15.2. The molecular formula is C17H24FNO. The molecule has 0 aromatic heterocycles. The Morgan fingerprint density at radius 1 is 1.30 bits per heavy atom. The van der Waals surface area contributed by atoms with Gasteiger partial charge in [0.25, 0.3) is 0 Å². The number of rotatable bonds is 4. The van der Waals surface area contributed by atoms with Crippen LogP contribution in [0.4, 0.5) is 4.39 Å². The summed E-state index contributed by atoms with van der Waals surface area (Å²) < 4.78 is 12.9. The quantitative estimate of drug-likeness (QED) is 0.778. The van der Waals surface area contributed by atoms with E-state index in [1.54, 1.807) is 12.1 Å². The van der Waals surface area contributed by atoms with Gasteiger partial charge in [-0.3, -0.25) is 9.69 Å². The van der Waals surface area contributed by atoms with Crippen LogP contribution in [0.1, 0.15) is 49.9 Å². The normalized spacial score (nSPS) is 24.6. The van der Waals surface area contributed by atoms with Crippen LogP contribution < -0.4 is 0 Å². The first-order valence-electron chi connectivity index (χ1n) is 7.50. The lowest BCUT2D eigenvalue weighted by Gasteiger charge is -2.37. The minimum Gasteiger partial charge on any atom is -0.294 e. The second kappa shape index (κ2) is 6.49. The SMILES string of the molecule is CC1CCCC(N(C)C(C)C(=O)c2ccc(F)cc2)C1. The molecule has 1 aromatic carbocycles. The fourth-order valence-electron chi connectivity index (χ4n) is 3.13. The fraction of sp³-hybridized carbons (Fsp3) is 0.588. The minimum absolute atomic E-state index is 0.0747. The van der Waals surface area contributed by atoms with Crippen molar-refractivity contribution >= 4 is 5.78 Å². The number of hydrogen-bond donors (Lipinski definition) is 0. The molecule has 0 saturated heterocycles. The van der Waals surface area contributed by atoms with Crippen molar-refractivity contribution in [3.8, 4) is 0 Å². The predicted octanol–water partition coefficient (Wildman–Crippen LogP) is 3.91. The predicted molar refractivity (Wildman–Crippen MR) is 79.4 cm³/mol. The molecule has 1 saturated carbocycles. The van der Waals surface area contributed by atoms with Crippen LogP contribution in [0.2, 0.25) is 0 Å². The Balaban J connectivity index is 2.03. The van der Waals surface area contributed by atoms with Crippen molar-refractivity contribution in [1.29, 1.82) is 0 Å². The van der Waals surface area contributed by atoms with E-state index in [9.17, 15) is 9.18 Å². The molecule has 1 aromatic rings. The molecule has 2 rings (SSSR count). The Bertz CT molecular complexity index is 457. The monoisotopic (exact) mass is 277 g/mol. The van der Waals surface area contributed by atoms with Gasteiger partial charge in [-0.25, -0.2) is 4.39 Å². The summed E-state index contributed by atoms with van der Waals surface area (Å²) in [5, 5.41) is 0. The number of ketones is 1. The molecule has 3 unspecified atom stereocenters. The van der Waals surface area contributed by atoms with Crippen molar-refractivity contribution in [3.63, 3.8) is 0 Å². The summed E-state index contributed by atoms with van der Waals surface area (Å²) in [7, 11) is 2.04. The summed E-state index contributed by atoms with van der Waals surface area (Å²) in [6, 6.07) is 6.18. The maximum Gasteiger partial charge on any atom is 0.179 e. The van der Waals surface area contributed by atoms with Gasteiger partial charge in [0.15, 0.2) is 5.78 Å². The first-order valence-corrected chi connectivity index (χ1v) is 7.50. The summed E-state index contributed by atoms with van der Waals surface area (Å²) in [4.78, 5) is 14.7. The lowest BCUT2D eigenvalue weighted by molar-refractivity contribution is 0.0748. The Labute approximate surface area is 121 Å². The number of Topliss-reactive ketones (excluding diaryl/α,β-unsaturated/α-hetero) is 1. The van der Waals surface area contributed by atoms with Gasteiger partial charge in [-0.15, -0.1) is 0 Å². The van der Waals surface area contributed by atoms with Crippen molar-refractivity contribution in [2.24, 2.45) is 5.92 Å². The average molecular weight is 277 g/mol. The molecule has 110 valence electrons. The summed E-state index contributed by atoms with van der Waals surface area (Å²) in [6.07, 6.45) is 4.87. The summed E-state index contributed by atoms with van der Waals surface area (Å²) >= 11 is 0. The highest BCUT2D eigenvalue weighted by molar-refractivity contribution is 5.99. The second-order valence-electron chi connectivity index (χ2n) is 6.14. The number of carbonyl (C=O) groups is 1. The molecule has 0 heterocycles. The number of benzene rings is 1. The lowest BCUT2D eigenvalue weighted by Crippen LogP contribution is -2.44. The minimum atomic E-state index is -0.302. The zero-order chi connectivity index (χ0) is 14.7. The highest BCUT2D eigenvalue weighted by atomic mass is 19.1. The summed E-state index contributed by atoms with van der Waals surface area (Å²) in [5.74, 6) is 0.513. The van der Waals surface area contributed by atoms with E-state index in [-0.39, 0.29) is 17.6 Å². The molecule has 3 atom stereocenters. The van der Waals surface area contributed by atoms with Crippen LogP contribution in [-0.4, -0.2) is 29.8 Å². The van der Waals surface area contributed by atoms with Crippen LogP contribution >= 0.6 is 0 Å². The summed E-state index contributed by atoms with van der Waals surface area (Å²) in [6.45, 7) is 4.23. The zero-order valence-electron chi connectivity index (χ0n) is 12.6. The molecular weight excluding hydrogens is 253 g/mol. The van der Waals surface area contributed by atoms with E-state index in [1.165, 1.54) is 31.4 Å². The third kappa shape index (κ3) is 3.45. The Kier molecular flexibility index (Phi) is 4.92. The van der Waals surface area contributed by atoms with Crippen LogP contribution in [0, 0.1) is 11.7 Å². The van der Waals surface area contributed by atoms with Gasteiger partial charge in [-0.1, -0.05) is 19.8 Å².